The standard InChI is InChI=1S/C29H31N3O3/c1-19(18-30-27(33)20-10-12-21(13-11-20)29(2,3)4)26-31-25-9-7-6-8-24(25)28(34)32(26)22-14-16-23(35-5)17-15-22/h6-17,19H,18H2,1-5H3,(H,30,33). The number of ether oxygens (including phenoxy) is 1. The lowest BCUT2D eigenvalue weighted by Gasteiger charge is -2.20. The van der Waals surface area contributed by atoms with E-state index in [0.29, 0.717) is 40.3 Å². The van der Waals surface area contributed by atoms with Crippen molar-refractivity contribution in [1.29, 1.82) is 0 Å². The third-order valence-corrected chi connectivity index (χ3v) is 6.15. The molecule has 1 unspecified atom stereocenters. The van der Waals surface area contributed by atoms with E-state index in [2.05, 4.69) is 26.1 Å². The van der Waals surface area contributed by atoms with Crippen molar-refractivity contribution in [3.63, 3.8) is 0 Å². The first-order chi connectivity index (χ1) is 16.7. The normalized spacial score (nSPS) is 12.4. The van der Waals surface area contributed by atoms with Crippen LogP contribution in [0.2, 0.25) is 0 Å². The molecule has 0 fully saturated rings. The smallest absolute Gasteiger partial charge is 0.265 e. The molecule has 1 aromatic heterocycles. The van der Waals surface area contributed by atoms with Crippen LogP contribution in [-0.2, 0) is 5.41 Å². The van der Waals surface area contributed by atoms with Gasteiger partial charge in [-0.15, -0.1) is 0 Å². The number of para-hydroxylation sites is 1. The third-order valence-electron chi connectivity index (χ3n) is 6.15. The number of benzene rings is 3. The summed E-state index contributed by atoms with van der Waals surface area (Å²) in [5.74, 6) is 0.917. The maximum Gasteiger partial charge on any atom is 0.265 e. The highest BCUT2D eigenvalue weighted by atomic mass is 16.5. The lowest BCUT2D eigenvalue weighted by molar-refractivity contribution is 0.0951. The van der Waals surface area contributed by atoms with Crippen LogP contribution in [0.4, 0.5) is 0 Å². The van der Waals surface area contributed by atoms with Crippen LogP contribution in [0.3, 0.4) is 0 Å². The van der Waals surface area contributed by atoms with Crippen LogP contribution in [0.1, 0.15) is 55.4 Å². The van der Waals surface area contributed by atoms with E-state index >= 15 is 0 Å². The van der Waals surface area contributed by atoms with Crippen LogP contribution in [0.25, 0.3) is 16.6 Å². The molecule has 0 saturated carbocycles. The van der Waals surface area contributed by atoms with Gasteiger partial charge < -0.3 is 10.1 Å². The summed E-state index contributed by atoms with van der Waals surface area (Å²) in [5, 5.41) is 3.55. The number of nitrogens with one attached hydrogen (secondary N) is 1. The van der Waals surface area contributed by atoms with E-state index in [1.54, 1.807) is 17.7 Å². The number of hydrogen-bond donors (Lipinski definition) is 1. The predicted molar refractivity (Wildman–Crippen MR) is 140 cm³/mol. The molecule has 1 atom stereocenters. The molecular formula is C29H31N3O3. The van der Waals surface area contributed by atoms with Crippen molar-refractivity contribution < 1.29 is 9.53 Å². The fourth-order valence-corrected chi connectivity index (χ4v) is 4.02. The number of amides is 1. The fourth-order valence-electron chi connectivity index (χ4n) is 4.02. The Bertz CT molecular complexity index is 1400. The van der Waals surface area contributed by atoms with Gasteiger partial charge in [0.05, 0.1) is 23.7 Å². The molecule has 0 saturated heterocycles. The van der Waals surface area contributed by atoms with Crippen molar-refractivity contribution in [2.45, 2.75) is 39.0 Å². The van der Waals surface area contributed by atoms with Crippen molar-refractivity contribution in [1.82, 2.24) is 14.9 Å². The zero-order valence-corrected chi connectivity index (χ0v) is 20.8. The van der Waals surface area contributed by atoms with Crippen LogP contribution in [0, 0.1) is 0 Å². The maximum atomic E-state index is 13.5. The highest BCUT2D eigenvalue weighted by Gasteiger charge is 2.20. The van der Waals surface area contributed by atoms with Crippen LogP contribution < -0.4 is 15.6 Å². The van der Waals surface area contributed by atoms with Gasteiger partial charge in [-0.3, -0.25) is 14.2 Å². The van der Waals surface area contributed by atoms with Gasteiger partial charge in [-0.05, 0) is 59.5 Å². The predicted octanol–water partition coefficient (Wildman–Crippen LogP) is 5.23. The quantitative estimate of drug-likeness (QED) is 0.420. The number of methoxy groups -OCH3 is 1. The van der Waals surface area contributed by atoms with E-state index in [0.717, 1.165) is 0 Å². The zero-order valence-electron chi connectivity index (χ0n) is 20.8. The minimum Gasteiger partial charge on any atom is -0.497 e. The first-order valence-corrected chi connectivity index (χ1v) is 11.7. The second-order valence-electron chi connectivity index (χ2n) is 9.76. The molecule has 0 aliphatic rings. The molecule has 6 heteroatoms. The molecule has 1 amide bonds. The molecule has 3 aromatic carbocycles. The molecule has 0 spiro atoms. The first-order valence-electron chi connectivity index (χ1n) is 11.7. The Labute approximate surface area is 205 Å². The van der Waals surface area contributed by atoms with Gasteiger partial charge in [-0.1, -0.05) is 52.0 Å². The Morgan fingerprint density at radius 1 is 1.00 bits per heavy atom. The fraction of sp³-hybridized carbons (Fsp3) is 0.276. The second-order valence-corrected chi connectivity index (χ2v) is 9.76. The number of fused-ring (bicyclic) bond motifs is 1. The largest absolute Gasteiger partial charge is 0.497 e. The van der Waals surface area contributed by atoms with E-state index in [1.807, 2.05) is 73.7 Å². The summed E-state index contributed by atoms with van der Waals surface area (Å²) in [4.78, 5) is 31.1. The van der Waals surface area contributed by atoms with Crippen LogP contribution in [0.15, 0.2) is 77.6 Å². The monoisotopic (exact) mass is 469 g/mol. The van der Waals surface area contributed by atoms with E-state index in [4.69, 9.17) is 9.72 Å². The summed E-state index contributed by atoms with van der Waals surface area (Å²) < 4.78 is 6.89. The summed E-state index contributed by atoms with van der Waals surface area (Å²) in [6.07, 6.45) is 0. The second kappa shape index (κ2) is 9.74. The SMILES string of the molecule is COc1ccc(-n2c(C(C)CNC(=O)c3ccc(C(C)(C)C)cc3)nc3ccccc3c2=O)cc1. The van der Waals surface area contributed by atoms with Crippen molar-refractivity contribution in [2.24, 2.45) is 0 Å². The summed E-state index contributed by atoms with van der Waals surface area (Å²) >= 11 is 0. The molecule has 0 bridgehead atoms. The van der Waals surface area contributed by atoms with Crippen LogP contribution >= 0.6 is 0 Å². The van der Waals surface area contributed by atoms with E-state index < -0.39 is 0 Å². The first kappa shape index (κ1) is 24.2. The minimum absolute atomic E-state index is 0.0242. The molecule has 1 heterocycles. The zero-order chi connectivity index (χ0) is 25.2. The summed E-state index contributed by atoms with van der Waals surface area (Å²) in [7, 11) is 1.60. The van der Waals surface area contributed by atoms with Crippen molar-refractivity contribution >= 4 is 16.8 Å². The van der Waals surface area contributed by atoms with Crippen molar-refractivity contribution in [3.05, 3.63) is 100 Å². The minimum atomic E-state index is -0.216. The van der Waals surface area contributed by atoms with Gasteiger partial charge in [-0.2, -0.15) is 0 Å². The average molecular weight is 470 g/mol. The Kier molecular flexibility index (Phi) is 6.74. The number of nitrogens with zero attached hydrogens (tertiary/aromatic N) is 2. The number of carbonyl (C=O) groups is 1. The Morgan fingerprint density at radius 3 is 2.29 bits per heavy atom. The number of aromatic nitrogens is 2. The molecule has 35 heavy (non-hydrogen) atoms. The van der Waals surface area contributed by atoms with Gasteiger partial charge in [0.2, 0.25) is 0 Å². The highest BCUT2D eigenvalue weighted by Crippen LogP contribution is 2.23. The molecule has 0 aliphatic heterocycles. The Balaban J connectivity index is 1.64. The molecule has 6 nitrogen and oxygen atoms in total. The number of hydrogen-bond acceptors (Lipinski definition) is 4. The van der Waals surface area contributed by atoms with Gasteiger partial charge in [-0.25, -0.2) is 4.98 Å². The van der Waals surface area contributed by atoms with Gasteiger partial charge >= 0.3 is 0 Å². The van der Waals surface area contributed by atoms with E-state index in [-0.39, 0.29) is 22.8 Å². The van der Waals surface area contributed by atoms with Crippen LogP contribution in [0.5, 0.6) is 5.75 Å². The van der Waals surface area contributed by atoms with Gasteiger partial charge in [0.15, 0.2) is 0 Å². The van der Waals surface area contributed by atoms with E-state index in [1.165, 1.54) is 5.56 Å². The molecule has 180 valence electrons. The topological polar surface area (TPSA) is 73.2 Å². The molecule has 0 aliphatic carbocycles. The summed E-state index contributed by atoms with van der Waals surface area (Å²) in [5.41, 5.74) is 2.98. The average Bonchev–Trinajstić information content (AvgIpc) is 2.86. The lowest BCUT2D eigenvalue weighted by Crippen LogP contribution is -2.32. The molecule has 1 N–H and O–H groups in total. The Hall–Kier alpha value is -3.93. The number of carbonyl (C=O) groups excluding carboxylic acids is 1. The highest BCUT2D eigenvalue weighted by molar-refractivity contribution is 5.94. The molecule has 4 rings (SSSR count). The van der Waals surface area contributed by atoms with Gasteiger partial charge in [0.25, 0.3) is 11.5 Å². The Morgan fingerprint density at radius 2 is 1.66 bits per heavy atom. The molecule has 4 aromatic rings. The summed E-state index contributed by atoms with van der Waals surface area (Å²) in [6.45, 7) is 8.72. The van der Waals surface area contributed by atoms with E-state index in [9.17, 15) is 9.59 Å². The van der Waals surface area contributed by atoms with Crippen LogP contribution in [-0.4, -0.2) is 29.1 Å². The lowest BCUT2D eigenvalue weighted by atomic mass is 9.87. The molecule has 0 radical (unpaired) electrons. The van der Waals surface area contributed by atoms with Gasteiger partial charge in [0.1, 0.15) is 11.6 Å². The summed E-state index contributed by atoms with van der Waals surface area (Å²) in [6, 6.07) is 22.3. The van der Waals surface area contributed by atoms with Gasteiger partial charge in [0, 0.05) is 18.0 Å². The number of rotatable bonds is 6. The maximum absolute atomic E-state index is 13.5. The molecular weight excluding hydrogens is 438 g/mol. The van der Waals surface area contributed by atoms with Crippen molar-refractivity contribution in [2.75, 3.05) is 13.7 Å². The van der Waals surface area contributed by atoms with Crippen molar-refractivity contribution in [3.8, 4) is 11.4 Å². The third kappa shape index (κ3) is 5.11.